The third-order valence-corrected chi connectivity index (χ3v) is 9.14. The van der Waals surface area contributed by atoms with Crippen molar-refractivity contribution < 1.29 is 29.4 Å². The van der Waals surface area contributed by atoms with Crippen LogP contribution in [-0.2, 0) is 25.6 Å². The van der Waals surface area contributed by atoms with Gasteiger partial charge in [0.2, 0.25) is 5.91 Å². The number of nitrogens with zero attached hydrogens (tertiary/aromatic N) is 2. The molecule has 3 aliphatic heterocycles. The summed E-state index contributed by atoms with van der Waals surface area (Å²) in [6, 6.07) is 22.8. The molecule has 3 heterocycles. The molecule has 4 aromatic rings. The summed E-state index contributed by atoms with van der Waals surface area (Å²) < 4.78 is 0. The van der Waals surface area contributed by atoms with Crippen molar-refractivity contribution in [1.29, 1.82) is 0 Å². The minimum Gasteiger partial charge on any atom is -0.507 e. The fraction of sp³-hybridized carbons (Fsp3) is 0.143. The Morgan fingerprint density at radius 3 is 2.24 bits per heavy atom. The Labute approximate surface area is 262 Å². The van der Waals surface area contributed by atoms with Crippen molar-refractivity contribution in [3.05, 3.63) is 118 Å². The first-order valence-corrected chi connectivity index (χ1v) is 14.6. The largest absolute Gasteiger partial charge is 0.507 e. The van der Waals surface area contributed by atoms with E-state index in [0.717, 1.165) is 21.2 Å². The van der Waals surface area contributed by atoms with Gasteiger partial charge in [-0.1, -0.05) is 60.1 Å². The second-order valence-electron chi connectivity index (χ2n) is 11.9. The Morgan fingerprint density at radius 1 is 0.889 bits per heavy atom. The molecule has 1 saturated heterocycles. The van der Waals surface area contributed by atoms with Gasteiger partial charge in [0.15, 0.2) is 5.54 Å². The maximum Gasteiger partial charge on any atom is 0.300 e. The highest BCUT2D eigenvalue weighted by molar-refractivity contribution is 6.56. The highest BCUT2D eigenvalue weighted by Crippen LogP contribution is 2.57. The molecule has 0 aromatic heterocycles. The maximum atomic E-state index is 15.2. The minimum atomic E-state index is -2.55. The third kappa shape index (κ3) is 3.67. The van der Waals surface area contributed by atoms with Crippen LogP contribution in [0.1, 0.15) is 30.5 Å². The van der Waals surface area contributed by atoms with Crippen molar-refractivity contribution in [2.75, 3.05) is 4.90 Å². The average molecular weight is 620 g/mol. The number of amides is 3. The Kier molecular flexibility index (Phi) is 6.02. The molecule has 4 aromatic carbocycles. The lowest BCUT2D eigenvalue weighted by Gasteiger charge is -2.44. The normalized spacial score (nSPS) is 21.5. The van der Waals surface area contributed by atoms with Crippen LogP contribution < -0.4 is 10.6 Å². The molecule has 45 heavy (non-hydrogen) atoms. The van der Waals surface area contributed by atoms with E-state index in [1.54, 1.807) is 6.07 Å². The third-order valence-electron chi connectivity index (χ3n) is 8.89. The number of fused-ring (bicyclic) bond motifs is 5. The molecule has 1 spiro atoms. The number of aromatic hydroxyl groups is 1. The number of benzene rings is 4. The predicted octanol–water partition coefficient (Wildman–Crippen LogP) is 4.90. The number of rotatable bonds is 3. The van der Waals surface area contributed by atoms with Gasteiger partial charge in [0.1, 0.15) is 11.5 Å². The van der Waals surface area contributed by atoms with Gasteiger partial charge in [0.05, 0.1) is 22.5 Å². The number of aliphatic hydroxyl groups excluding tert-OH is 1. The highest BCUT2D eigenvalue weighted by atomic mass is 35.5. The van der Waals surface area contributed by atoms with Gasteiger partial charge in [-0.15, -0.1) is 0 Å². The van der Waals surface area contributed by atoms with Gasteiger partial charge < -0.3 is 20.8 Å². The monoisotopic (exact) mass is 619 g/mol. The number of hydrogen-bond acceptors (Lipinski definition) is 6. The number of hydrogen-bond donors (Lipinski definition) is 3. The molecule has 7 rings (SSSR count). The number of primary amides is 1. The van der Waals surface area contributed by atoms with Crippen molar-refractivity contribution in [2.45, 2.75) is 31.3 Å². The molecule has 4 N–H and O–H groups in total. The molecular weight excluding hydrogens is 594 g/mol. The Bertz CT molecular complexity index is 2100. The second-order valence-corrected chi connectivity index (χ2v) is 12.4. The van der Waals surface area contributed by atoms with Crippen molar-refractivity contribution in [1.82, 2.24) is 4.90 Å². The zero-order chi connectivity index (χ0) is 32.0. The second kappa shape index (κ2) is 9.54. The number of carbonyl (C=O) groups excluding carboxylic acids is 4. The number of halogens is 1. The number of para-hydroxylation sites is 2. The number of anilines is 1. The van der Waals surface area contributed by atoms with Crippen LogP contribution in [0.2, 0.25) is 5.02 Å². The van der Waals surface area contributed by atoms with Crippen LogP contribution in [0.25, 0.3) is 22.2 Å². The smallest absolute Gasteiger partial charge is 0.300 e. The van der Waals surface area contributed by atoms with Gasteiger partial charge in [0, 0.05) is 21.7 Å². The molecule has 0 aliphatic carbocycles. The summed E-state index contributed by atoms with van der Waals surface area (Å²) in [7, 11) is 0. The molecule has 0 saturated carbocycles. The first-order chi connectivity index (χ1) is 21.4. The number of ketones is 1. The minimum absolute atomic E-state index is 0.0752. The Hall–Kier alpha value is -5.41. The molecule has 1 atom stereocenters. The summed E-state index contributed by atoms with van der Waals surface area (Å²) in [5.74, 6) is -5.50. The number of phenolic OH excluding ortho intramolecular Hbond substituents is 1. The van der Waals surface area contributed by atoms with Crippen LogP contribution in [0.5, 0.6) is 5.75 Å². The van der Waals surface area contributed by atoms with Crippen LogP contribution in [0.4, 0.5) is 5.69 Å². The standard InChI is InChI=1S/C35H26ClN3O6/c1-34(2)17-23-21-8-4-3-7-18(21)13-16-22(23)28-26(31(37)43)35(33(45)39(28)34)27(29(41)19-11-14-20(36)15-12-19)30(42)32(44)38(35)24-9-5-6-10-25(24)40/h3-16,40-41H,17H2,1-2H3,(H2,37,43)/b29-27-. The molecule has 0 bridgehead atoms. The van der Waals surface area contributed by atoms with Crippen molar-refractivity contribution in [3.8, 4) is 5.75 Å². The van der Waals surface area contributed by atoms with Crippen LogP contribution in [0.15, 0.2) is 96.1 Å². The molecule has 1 unspecified atom stereocenters. The summed E-state index contributed by atoms with van der Waals surface area (Å²) >= 11 is 6.08. The van der Waals surface area contributed by atoms with E-state index in [-0.39, 0.29) is 22.5 Å². The fourth-order valence-corrected chi connectivity index (χ4v) is 7.22. The lowest BCUT2D eigenvalue weighted by Crippen LogP contribution is -2.60. The van der Waals surface area contributed by atoms with Crippen LogP contribution >= 0.6 is 11.6 Å². The molecule has 224 valence electrons. The number of Topliss-reactive ketones (excluding diaryl/α,β-unsaturated/α-hetero) is 1. The highest BCUT2D eigenvalue weighted by Gasteiger charge is 2.72. The van der Waals surface area contributed by atoms with Crippen molar-refractivity contribution in [2.24, 2.45) is 5.73 Å². The van der Waals surface area contributed by atoms with E-state index in [0.29, 0.717) is 17.0 Å². The number of phenols is 1. The molecule has 3 amide bonds. The van der Waals surface area contributed by atoms with Gasteiger partial charge in [-0.3, -0.25) is 24.1 Å². The van der Waals surface area contributed by atoms with Crippen LogP contribution in [-0.4, -0.2) is 49.7 Å². The maximum absolute atomic E-state index is 15.2. The Balaban J connectivity index is 1.67. The molecule has 3 aliphatic rings. The van der Waals surface area contributed by atoms with Gasteiger partial charge in [-0.25, -0.2) is 0 Å². The quantitative estimate of drug-likeness (QED) is 0.169. The summed E-state index contributed by atoms with van der Waals surface area (Å²) in [5, 5.41) is 25.0. The van der Waals surface area contributed by atoms with E-state index in [1.165, 1.54) is 53.4 Å². The van der Waals surface area contributed by atoms with E-state index in [2.05, 4.69) is 0 Å². The van der Waals surface area contributed by atoms with Gasteiger partial charge >= 0.3 is 5.91 Å². The SMILES string of the molecule is CC1(C)Cc2c(ccc3ccccc23)C2=C(C(N)=O)C3(C(=O)N21)/C(=C(\O)c1ccc(Cl)cc1)C(=O)C(=O)N3c1ccccc1O. The zero-order valence-electron chi connectivity index (χ0n) is 24.2. The summed E-state index contributed by atoms with van der Waals surface area (Å²) in [6.07, 6.45) is 0.363. The van der Waals surface area contributed by atoms with E-state index >= 15 is 4.79 Å². The van der Waals surface area contributed by atoms with E-state index in [1.807, 2.05) is 44.2 Å². The molecule has 1 fully saturated rings. The summed E-state index contributed by atoms with van der Waals surface area (Å²) in [5.41, 5.74) is 2.99. The zero-order valence-corrected chi connectivity index (χ0v) is 24.9. The number of nitrogens with two attached hydrogens (primary N) is 1. The van der Waals surface area contributed by atoms with Gasteiger partial charge in [-0.2, -0.15) is 0 Å². The van der Waals surface area contributed by atoms with E-state index in [9.17, 15) is 24.6 Å². The first kappa shape index (κ1) is 28.4. The number of carbonyl (C=O) groups is 4. The van der Waals surface area contributed by atoms with Crippen LogP contribution in [0.3, 0.4) is 0 Å². The van der Waals surface area contributed by atoms with Crippen LogP contribution in [0, 0.1) is 0 Å². The molecule has 9 nitrogen and oxygen atoms in total. The average Bonchev–Trinajstić information content (AvgIpc) is 3.41. The lowest BCUT2D eigenvalue weighted by molar-refractivity contribution is -0.135. The number of aliphatic hydroxyl groups is 1. The predicted molar refractivity (Wildman–Crippen MR) is 169 cm³/mol. The molecule has 0 radical (unpaired) electrons. The first-order valence-electron chi connectivity index (χ1n) is 14.2. The molecular formula is C35H26ClN3O6. The molecule has 10 heteroatoms. The topological polar surface area (TPSA) is 141 Å². The van der Waals surface area contributed by atoms with E-state index < -0.39 is 51.7 Å². The lowest BCUT2D eigenvalue weighted by atomic mass is 9.79. The van der Waals surface area contributed by atoms with Crippen molar-refractivity contribution >= 4 is 63.0 Å². The summed E-state index contributed by atoms with van der Waals surface area (Å²) in [6.45, 7) is 3.64. The van der Waals surface area contributed by atoms with E-state index in [4.69, 9.17) is 17.3 Å². The summed E-state index contributed by atoms with van der Waals surface area (Å²) in [4.78, 5) is 59.4. The Morgan fingerprint density at radius 2 is 1.56 bits per heavy atom. The van der Waals surface area contributed by atoms with Crippen molar-refractivity contribution in [3.63, 3.8) is 0 Å². The van der Waals surface area contributed by atoms with Gasteiger partial charge in [0.25, 0.3) is 11.7 Å². The fourth-order valence-electron chi connectivity index (χ4n) is 7.09. The van der Waals surface area contributed by atoms with Gasteiger partial charge in [-0.05, 0) is 73.0 Å².